The molecule has 3 N–H and O–H groups in total. The largest absolute Gasteiger partial charge is 0.496 e. The van der Waals surface area contributed by atoms with Gasteiger partial charge in [0.1, 0.15) is 17.4 Å². The highest BCUT2D eigenvalue weighted by molar-refractivity contribution is 5.94. The summed E-state index contributed by atoms with van der Waals surface area (Å²) in [6.07, 6.45) is 0.186. The second-order valence-corrected chi connectivity index (χ2v) is 6.97. The number of benzene rings is 2. The molecule has 1 saturated heterocycles. The van der Waals surface area contributed by atoms with E-state index in [0.29, 0.717) is 6.42 Å². The average Bonchev–Trinajstić information content (AvgIpc) is 3.30. The number of rotatable bonds is 5. The molecule has 4 rings (SSSR count). The Morgan fingerprint density at radius 2 is 1.97 bits per heavy atom. The van der Waals surface area contributed by atoms with E-state index in [1.54, 1.807) is 7.11 Å². The number of ether oxygens (including phenoxy) is 1. The fourth-order valence-electron chi connectivity index (χ4n) is 3.87. The molecule has 3 aromatic rings. The van der Waals surface area contributed by atoms with Crippen LogP contribution in [0.25, 0.3) is 10.9 Å². The minimum Gasteiger partial charge on any atom is -0.496 e. The van der Waals surface area contributed by atoms with Gasteiger partial charge in [0, 0.05) is 35.7 Å². The van der Waals surface area contributed by atoms with E-state index in [1.165, 1.54) is 0 Å². The minimum atomic E-state index is -0.785. The summed E-state index contributed by atoms with van der Waals surface area (Å²) in [5.74, 6) is -1.31. The average molecular weight is 400 g/mol. The van der Waals surface area contributed by atoms with Crippen molar-refractivity contribution < 1.29 is 18.3 Å². The maximum Gasteiger partial charge on any atom is 0.252 e. The number of hydrogen-bond donors (Lipinski definition) is 3. The van der Waals surface area contributed by atoms with Gasteiger partial charge in [-0.15, -0.1) is 0 Å². The summed E-state index contributed by atoms with van der Waals surface area (Å²) in [4.78, 5) is 12.4. The number of hydrazine groups is 1. The topological polar surface area (TPSA) is 67.3 Å². The van der Waals surface area contributed by atoms with Crippen LogP contribution in [0.4, 0.5) is 8.78 Å². The lowest BCUT2D eigenvalue weighted by molar-refractivity contribution is 0.0931. The minimum absolute atomic E-state index is 0.0541. The van der Waals surface area contributed by atoms with Crippen molar-refractivity contribution in [2.45, 2.75) is 32.1 Å². The smallest absolute Gasteiger partial charge is 0.252 e. The van der Waals surface area contributed by atoms with E-state index in [2.05, 4.69) is 33.7 Å². The van der Waals surface area contributed by atoms with Gasteiger partial charge in [-0.2, -0.15) is 0 Å². The molecule has 0 spiro atoms. The molecule has 29 heavy (non-hydrogen) atoms. The van der Waals surface area contributed by atoms with Crippen molar-refractivity contribution in [2.75, 3.05) is 7.11 Å². The number of aromatic nitrogens is 1. The lowest BCUT2D eigenvalue weighted by Crippen LogP contribution is -2.44. The van der Waals surface area contributed by atoms with Gasteiger partial charge in [-0.25, -0.2) is 19.6 Å². The number of amides is 1. The Morgan fingerprint density at radius 3 is 2.66 bits per heavy atom. The predicted octanol–water partition coefficient (Wildman–Crippen LogP) is 3.24. The molecule has 1 fully saturated rings. The predicted molar refractivity (Wildman–Crippen MR) is 105 cm³/mol. The van der Waals surface area contributed by atoms with Crippen LogP contribution in [-0.2, 0) is 6.54 Å². The Hall–Kier alpha value is -2.97. The normalized spacial score (nSPS) is 18.9. The first-order chi connectivity index (χ1) is 14.0. The molecule has 1 aliphatic heterocycles. The first-order valence-corrected chi connectivity index (χ1v) is 9.44. The second-order valence-electron chi connectivity index (χ2n) is 6.97. The molecule has 6 nitrogen and oxygen atoms in total. The number of nitrogens with zero attached hydrogens (tertiary/aromatic N) is 1. The monoisotopic (exact) mass is 400 g/mol. The van der Waals surface area contributed by atoms with Crippen LogP contribution < -0.4 is 20.9 Å². The Labute approximate surface area is 166 Å². The highest BCUT2D eigenvalue weighted by atomic mass is 19.1. The molecule has 152 valence electrons. The molecule has 1 aliphatic rings. The van der Waals surface area contributed by atoms with E-state index < -0.39 is 17.5 Å². The van der Waals surface area contributed by atoms with Crippen LogP contribution in [0.3, 0.4) is 0 Å². The number of carbonyl (C=O) groups is 1. The quantitative estimate of drug-likeness (QED) is 0.615. The number of methoxy groups -OCH3 is 1. The van der Waals surface area contributed by atoms with E-state index in [1.807, 2.05) is 18.2 Å². The second kappa shape index (κ2) is 7.81. The number of halogens is 2. The molecule has 0 radical (unpaired) electrons. The number of nitrogens with one attached hydrogen (secondary N) is 3. The van der Waals surface area contributed by atoms with Crippen molar-refractivity contribution in [1.29, 1.82) is 0 Å². The highest BCUT2D eigenvalue weighted by Crippen LogP contribution is 2.33. The molecule has 0 aliphatic carbocycles. The summed E-state index contributed by atoms with van der Waals surface area (Å²) < 4.78 is 34.4. The first-order valence-electron chi connectivity index (χ1n) is 9.44. The van der Waals surface area contributed by atoms with E-state index in [0.717, 1.165) is 47.1 Å². The van der Waals surface area contributed by atoms with E-state index >= 15 is 0 Å². The summed E-state index contributed by atoms with van der Waals surface area (Å²) in [6, 6.07) is 10.7. The van der Waals surface area contributed by atoms with Gasteiger partial charge in [-0.3, -0.25) is 4.79 Å². The first kappa shape index (κ1) is 19.4. The van der Waals surface area contributed by atoms with Crippen LogP contribution in [0.1, 0.15) is 35.4 Å². The fraction of sp³-hybridized carbons (Fsp3) is 0.286. The van der Waals surface area contributed by atoms with Gasteiger partial charge < -0.3 is 14.6 Å². The van der Waals surface area contributed by atoms with E-state index in [4.69, 9.17) is 4.74 Å². The summed E-state index contributed by atoms with van der Waals surface area (Å²) >= 11 is 0. The van der Waals surface area contributed by atoms with Crippen LogP contribution in [-0.4, -0.2) is 23.7 Å². The molecule has 1 aromatic heterocycles. The molecule has 2 aromatic carbocycles. The summed E-state index contributed by atoms with van der Waals surface area (Å²) in [7, 11) is 1.65. The number of hydrogen-bond acceptors (Lipinski definition) is 4. The van der Waals surface area contributed by atoms with Crippen LogP contribution in [0.5, 0.6) is 5.75 Å². The van der Waals surface area contributed by atoms with Gasteiger partial charge in [0.15, 0.2) is 0 Å². The van der Waals surface area contributed by atoms with Crippen LogP contribution >= 0.6 is 0 Å². The zero-order valence-corrected chi connectivity index (χ0v) is 16.1. The molecule has 0 bridgehead atoms. The Balaban J connectivity index is 1.53. The summed E-state index contributed by atoms with van der Waals surface area (Å²) in [5, 5.41) is 3.79. The lowest BCUT2D eigenvalue weighted by Gasteiger charge is -2.14. The van der Waals surface area contributed by atoms with Crippen LogP contribution in [0.2, 0.25) is 0 Å². The third-order valence-electron chi connectivity index (χ3n) is 5.16. The maximum absolute atomic E-state index is 13.4. The lowest BCUT2D eigenvalue weighted by atomic mass is 10.1. The third-order valence-corrected chi connectivity index (χ3v) is 5.16. The van der Waals surface area contributed by atoms with Gasteiger partial charge in [-0.05, 0) is 37.3 Å². The molecule has 8 heteroatoms. The fourth-order valence-corrected chi connectivity index (χ4v) is 3.87. The van der Waals surface area contributed by atoms with Gasteiger partial charge in [0.25, 0.3) is 5.91 Å². The summed E-state index contributed by atoms with van der Waals surface area (Å²) in [5.41, 5.74) is 8.33. The Bertz CT molecular complexity index is 1050. The van der Waals surface area contributed by atoms with Crippen molar-refractivity contribution in [2.24, 2.45) is 0 Å². The molecule has 2 heterocycles. The highest BCUT2D eigenvalue weighted by Gasteiger charge is 2.29. The molecular weight excluding hydrogens is 378 g/mol. The van der Waals surface area contributed by atoms with Crippen molar-refractivity contribution in [3.63, 3.8) is 0 Å². The van der Waals surface area contributed by atoms with Gasteiger partial charge >= 0.3 is 0 Å². The molecule has 0 saturated carbocycles. The van der Waals surface area contributed by atoms with Gasteiger partial charge in [0.2, 0.25) is 0 Å². The molecular formula is C21H22F2N4O2. The summed E-state index contributed by atoms with van der Waals surface area (Å²) in [6.45, 7) is 2.85. The number of aryl methyl sites for hydroxylation is 1. The van der Waals surface area contributed by atoms with Crippen molar-refractivity contribution in [3.8, 4) is 5.75 Å². The number of fused-ring (bicyclic) bond motifs is 1. The maximum atomic E-state index is 13.4. The number of carbonyl (C=O) groups excluding carboxylic acids is 1. The Kier molecular flexibility index (Phi) is 5.21. The Morgan fingerprint density at radius 1 is 1.21 bits per heavy atom. The van der Waals surface area contributed by atoms with Crippen molar-refractivity contribution in [1.82, 2.24) is 20.7 Å². The van der Waals surface area contributed by atoms with E-state index in [-0.39, 0.29) is 17.8 Å². The standard InChI is InChI=1S/C21H22F2N4O2/c1-3-27-17-5-4-6-19(29-2)15(17)10-18(27)16-11-20(26-25-16)24-21(28)12-7-13(22)9-14(23)8-12/h4-10,16,20,25-26H,3,11H2,1-2H3,(H,24,28). The molecule has 2 atom stereocenters. The van der Waals surface area contributed by atoms with Gasteiger partial charge in [0.05, 0.1) is 24.8 Å². The molecule has 1 amide bonds. The zero-order valence-electron chi connectivity index (χ0n) is 16.1. The van der Waals surface area contributed by atoms with Crippen molar-refractivity contribution in [3.05, 3.63) is 65.4 Å². The van der Waals surface area contributed by atoms with Gasteiger partial charge in [-0.1, -0.05) is 6.07 Å². The van der Waals surface area contributed by atoms with E-state index in [9.17, 15) is 13.6 Å². The van der Waals surface area contributed by atoms with Crippen molar-refractivity contribution >= 4 is 16.8 Å². The van der Waals surface area contributed by atoms with Crippen LogP contribution in [0, 0.1) is 11.6 Å². The SMILES string of the molecule is CCn1c(C2CC(NC(=O)c3cc(F)cc(F)c3)NN2)cc2c(OC)cccc21. The third kappa shape index (κ3) is 3.68. The molecule has 2 unspecified atom stereocenters. The van der Waals surface area contributed by atoms with Crippen LogP contribution in [0.15, 0.2) is 42.5 Å². The zero-order chi connectivity index (χ0) is 20.5.